The number of fused-ring (bicyclic) bond motifs is 1. The van der Waals surface area contributed by atoms with Crippen LogP contribution >= 0.6 is 0 Å². The van der Waals surface area contributed by atoms with Gasteiger partial charge in [0.2, 0.25) is 0 Å². The van der Waals surface area contributed by atoms with Crippen LogP contribution in [0.4, 0.5) is 0 Å². The molecule has 2 aromatic rings. The third-order valence-electron chi connectivity index (χ3n) is 4.29. The van der Waals surface area contributed by atoms with Crippen molar-refractivity contribution in [1.82, 2.24) is 9.55 Å². The first-order chi connectivity index (χ1) is 9.77. The van der Waals surface area contributed by atoms with Gasteiger partial charge in [-0.2, -0.15) is 0 Å². The van der Waals surface area contributed by atoms with Crippen molar-refractivity contribution >= 4 is 17.0 Å². The van der Waals surface area contributed by atoms with Crippen molar-refractivity contribution in [2.45, 2.75) is 51.0 Å². The molecule has 0 radical (unpaired) electrons. The van der Waals surface area contributed by atoms with Gasteiger partial charge in [-0.25, -0.2) is 9.78 Å². The molecule has 0 aliphatic heterocycles. The lowest BCUT2D eigenvalue weighted by molar-refractivity contribution is 0.0698. The Hall–Kier alpha value is -1.84. The zero-order valence-electron chi connectivity index (χ0n) is 11.6. The molecule has 3 rings (SSSR count). The highest BCUT2D eigenvalue weighted by atomic mass is 16.4. The number of imidazole rings is 1. The van der Waals surface area contributed by atoms with Crippen molar-refractivity contribution in [1.29, 1.82) is 0 Å². The summed E-state index contributed by atoms with van der Waals surface area (Å²) in [4.78, 5) is 15.8. The Morgan fingerprint density at radius 1 is 1.15 bits per heavy atom. The number of carboxylic acid groups (broad SMARTS) is 1. The summed E-state index contributed by atoms with van der Waals surface area (Å²) < 4.78 is 2.10. The molecule has 0 bridgehead atoms. The molecule has 4 nitrogen and oxygen atoms in total. The molecule has 0 amide bonds. The summed E-state index contributed by atoms with van der Waals surface area (Å²) in [5.74, 6) is -0.872. The van der Waals surface area contributed by atoms with E-state index in [2.05, 4.69) is 9.55 Å². The van der Waals surface area contributed by atoms with Gasteiger partial charge < -0.3 is 9.67 Å². The Bertz CT molecular complexity index is 610. The van der Waals surface area contributed by atoms with E-state index in [1.807, 2.05) is 12.4 Å². The molecule has 1 aromatic carbocycles. The third kappa shape index (κ3) is 2.42. The first-order valence-corrected chi connectivity index (χ1v) is 7.46. The minimum absolute atomic E-state index is 0.363. The second-order valence-electron chi connectivity index (χ2n) is 5.63. The van der Waals surface area contributed by atoms with Crippen LogP contribution in [0.1, 0.15) is 61.3 Å². The maximum Gasteiger partial charge on any atom is 0.337 e. The van der Waals surface area contributed by atoms with Crippen molar-refractivity contribution < 1.29 is 9.90 Å². The Morgan fingerprint density at radius 2 is 1.85 bits per heavy atom. The van der Waals surface area contributed by atoms with Crippen molar-refractivity contribution in [2.75, 3.05) is 0 Å². The fourth-order valence-corrected chi connectivity index (χ4v) is 3.25. The highest BCUT2D eigenvalue weighted by Crippen LogP contribution is 2.30. The minimum atomic E-state index is -0.872. The highest BCUT2D eigenvalue weighted by Gasteiger charge is 2.19. The summed E-state index contributed by atoms with van der Waals surface area (Å²) in [7, 11) is 0. The van der Waals surface area contributed by atoms with Crippen LogP contribution in [0.3, 0.4) is 0 Å². The lowest BCUT2D eigenvalue weighted by atomic mass is 9.96. The number of hydrogen-bond donors (Lipinski definition) is 1. The molecule has 1 heterocycles. The summed E-state index contributed by atoms with van der Waals surface area (Å²) >= 11 is 0. The maximum absolute atomic E-state index is 11.4. The first kappa shape index (κ1) is 13.2. The van der Waals surface area contributed by atoms with Gasteiger partial charge in [0.1, 0.15) is 0 Å². The van der Waals surface area contributed by atoms with Gasteiger partial charge >= 0.3 is 5.97 Å². The Labute approximate surface area is 118 Å². The molecular formula is C16H20N2O2. The standard InChI is InChI=1S/C16H20N2O2/c19-16(20)13-9-6-10-14-15(13)18(11-17-14)12-7-4-2-1-3-5-8-12/h6,9-12H,1-5,7-8H2,(H,19,20). The second kappa shape index (κ2) is 5.65. The van der Waals surface area contributed by atoms with Gasteiger partial charge in [-0.3, -0.25) is 0 Å². The largest absolute Gasteiger partial charge is 0.478 e. The fraction of sp³-hybridized carbons (Fsp3) is 0.500. The number of nitrogens with zero attached hydrogens (tertiary/aromatic N) is 2. The average Bonchev–Trinajstić information content (AvgIpc) is 2.82. The van der Waals surface area contributed by atoms with Crippen LogP contribution in [0.2, 0.25) is 0 Å². The highest BCUT2D eigenvalue weighted by molar-refractivity contribution is 6.01. The van der Waals surface area contributed by atoms with E-state index in [0.717, 1.165) is 23.9 Å². The fourth-order valence-electron chi connectivity index (χ4n) is 3.25. The number of aromatic carboxylic acids is 1. The molecule has 1 N–H and O–H groups in total. The molecule has 1 fully saturated rings. The maximum atomic E-state index is 11.4. The van der Waals surface area contributed by atoms with Crippen LogP contribution in [-0.2, 0) is 0 Å². The Morgan fingerprint density at radius 3 is 2.55 bits per heavy atom. The molecule has 0 saturated heterocycles. The Kier molecular flexibility index (Phi) is 3.72. The molecule has 20 heavy (non-hydrogen) atoms. The number of benzene rings is 1. The smallest absolute Gasteiger partial charge is 0.337 e. The van der Waals surface area contributed by atoms with Crippen LogP contribution in [-0.4, -0.2) is 20.6 Å². The number of carboxylic acids is 1. The number of hydrogen-bond acceptors (Lipinski definition) is 2. The normalized spacial score (nSPS) is 17.8. The molecule has 1 aliphatic rings. The van der Waals surface area contributed by atoms with Gasteiger partial charge in [0.15, 0.2) is 0 Å². The lowest BCUT2D eigenvalue weighted by Crippen LogP contribution is -2.12. The summed E-state index contributed by atoms with van der Waals surface area (Å²) in [5.41, 5.74) is 1.93. The van der Waals surface area contributed by atoms with Crippen molar-refractivity contribution in [3.05, 3.63) is 30.1 Å². The van der Waals surface area contributed by atoms with Crippen LogP contribution in [0.5, 0.6) is 0 Å². The van der Waals surface area contributed by atoms with Crippen LogP contribution < -0.4 is 0 Å². The summed E-state index contributed by atoms with van der Waals surface area (Å²) in [6.45, 7) is 0. The molecule has 0 atom stereocenters. The zero-order chi connectivity index (χ0) is 13.9. The predicted molar refractivity (Wildman–Crippen MR) is 78.0 cm³/mol. The first-order valence-electron chi connectivity index (χ1n) is 7.46. The van der Waals surface area contributed by atoms with E-state index in [1.54, 1.807) is 12.1 Å². The van der Waals surface area contributed by atoms with E-state index in [4.69, 9.17) is 0 Å². The Balaban J connectivity index is 2.03. The molecule has 106 valence electrons. The van der Waals surface area contributed by atoms with E-state index < -0.39 is 5.97 Å². The van der Waals surface area contributed by atoms with Gasteiger partial charge in [0.05, 0.1) is 22.9 Å². The van der Waals surface area contributed by atoms with Crippen molar-refractivity contribution in [3.8, 4) is 0 Å². The third-order valence-corrected chi connectivity index (χ3v) is 4.29. The summed E-state index contributed by atoms with van der Waals surface area (Å²) in [6, 6.07) is 5.72. The predicted octanol–water partition coefficient (Wildman–Crippen LogP) is 4.02. The average molecular weight is 272 g/mol. The number of para-hydroxylation sites is 1. The van der Waals surface area contributed by atoms with Crippen molar-refractivity contribution in [2.24, 2.45) is 0 Å². The summed E-state index contributed by atoms with van der Waals surface area (Å²) in [6.07, 6.45) is 10.4. The quantitative estimate of drug-likeness (QED) is 0.898. The van der Waals surface area contributed by atoms with Gasteiger partial charge in [-0.05, 0) is 25.0 Å². The molecule has 1 aliphatic carbocycles. The molecule has 0 unspecified atom stereocenters. The van der Waals surface area contributed by atoms with Gasteiger partial charge in [-0.1, -0.05) is 38.2 Å². The van der Waals surface area contributed by atoms with E-state index in [1.165, 1.54) is 32.1 Å². The topological polar surface area (TPSA) is 55.1 Å². The minimum Gasteiger partial charge on any atom is -0.478 e. The molecule has 0 spiro atoms. The van der Waals surface area contributed by atoms with Crippen molar-refractivity contribution in [3.63, 3.8) is 0 Å². The SMILES string of the molecule is O=C(O)c1cccc2ncn(C3CCCCCCC3)c12. The zero-order valence-corrected chi connectivity index (χ0v) is 11.6. The molecular weight excluding hydrogens is 252 g/mol. The summed E-state index contributed by atoms with van der Waals surface area (Å²) in [5, 5.41) is 9.38. The van der Waals surface area contributed by atoms with Crippen LogP contribution in [0.25, 0.3) is 11.0 Å². The lowest BCUT2D eigenvalue weighted by Gasteiger charge is -2.22. The molecule has 4 heteroatoms. The number of carbonyl (C=O) groups is 1. The van der Waals surface area contributed by atoms with Gasteiger partial charge in [0.25, 0.3) is 0 Å². The van der Waals surface area contributed by atoms with E-state index in [0.29, 0.717) is 11.6 Å². The van der Waals surface area contributed by atoms with E-state index >= 15 is 0 Å². The van der Waals surface area contributed by atoms with Gasteiger partial charge in [0, 0.05) is 6.04 Å². The monoisotopic (exact) mass is 272 g/mol. The number of rotatable bonds is 2. The van der Waals surface area contributed by atoms with E-state index in [-0.39, 0.29) is 0 Å². The van der Waals surface area contributed by atoms with E-state index in [9.17, 15) is 9.90 Å². The number of aromatic nitrogens is 2. The van der Waals surface area contributed by atoms with Gasteiger partial charge in [-0.15, -0.1) is 0 Å². The second-order valence-corrected chi connectivity index (χ2v) is 5.63. The van der Waals surface area contributed by atoms with Crippen LogP contribution in [0, 0.1) is 0 Å². The molecule has 1 saturated carbocycles. The molecule has 1 aromatic heterocycles. The van der Waals surface area contributed by atoms with Crippen LogP contribution in [0.15, 0.2) is 24.5 Å².